The lowest BCUT2D eigenvalue weighted by Gasteiger charge is -2.32. The van der Waals surface area contributed by atoms with Gasteiger partial charge in [-0.25, -0.2) is 0 Å². The molecule has 1 amide bonds. The molecule has 0 aromatic carbocycles. The number of nitrogens with zero attached hydrogens (tertiary/aromatic N) is 1. The summed E-state index contributed by atoms with van der Waals surface area (Å²) in [6.45, 7) is 3.00. The van der Waals surface area contributed by atoms with Crippen LogP contribution in [0, 0.1) is 0 Å². The number of amides is 1. The summed E-state index contributed by atoms with van der Waals surface area (Å²) in [5.74, 6) is -1.37. The maximum Gasteiger partial charge on any atom is 0.313 e. The van der Waals surface area contributed by atoms with Gasteiger partial charge in [0.05, 0.1) is 26.4 Å². The fraction of sp³-hybridized carbons (Fsp3) is 0.727. The quantitative estimate of drug-likeness (QED) is 0.469. The fourth-order valence-electron chi connectivity index (χ4n) is 1.74. The van der Waals surface area contributed by atoms with Crippen LogP contribution in [-0.4, -0.2) is 61.5 Å². The van der Waals surface area contributed by atoms with Gasteiger partial charge in [-0.05, 0) is 6.92 Å². The minimum Gasteiger partial charge on any atom is -0.466 e. The van der Waals surface area contributed by atoms with Crippen LogP contribution in [-0.2, 0) is 23.9 Å². The van der Waals surface area contributed by atoms with E-state index in [-0.39, 0.29) is 32.0 Å². The van der Waals surface area contributed by atoms with Gasteiger partial charge in [-0.3, -0.25) is 19.3 Å². The maximum atomic E-state index is 11.6. The first kappa shape index (κ1) is 14.6. The monoisotopic (exact) mass is 258 g/mol. The van der Waals surface area contributed by atoms with E-state index >= 15 is 0 Å². The molecule has 0 radical (unpaired) electrons. The molecule has 7 heteroatoms. The van der Waals surface area contributed by atoms with Crippen molar-refractivity contribution in [3.05, 3.63) is 0 Å². The lowest BCUT2D eigenvalue weighted by Crippen LogP contribution is -2.53. The minimum atomic E-state index is -0.607. The van der Waals surface area contributed by atoms with Crippen molar-refractivity contribution in [1.82, 2.24) is 4.90 Å². The van der Waals surface area contributed by atoms with Gasteiger partial charge in [0.1, 0.15) is 12.5 Å². The summed E-state index contributed by atoms with van der Waals surface area (Å²) in [6, 6.07) is -0.607. The second-order valence-corrected chi connectivity index (χ2v) is 3.98. The van der Waals surface area contributed by atoms with Crippen LogP contribution in [0.1, 0.15) is 13.3 Å². The van der Waals surface area contributed by atoms with Crippen LogP contribution in [0.3, 0.4) is 0 Å². The van der Waals surface area contributed by atoms with Crippen molar-refractivity contribution < 1.29 is 23.9 Å². The average Bonchev–Trinajstić information content (AvgIpc) is 2.29. The lowest BCUT2D eigenvalue weighted by atomic mass is 10.2. The van der Waals surface area contributed by atoms with E-state index in [0.717, 1.165) is 0 Å². The number of ether oxygens (including phenoxy) is 2. The van der Waals surface area contributed by atoms with E-state index in [1.165, 1.54) is 0 Å². The Morgan fingerprint density at radius 2 is 2.17 bits per heavy atom. The highest BCUT2D eigenvalue weighted by molar-refractivity contribution is 5.96. The zero-order chi connectivity index (χ0) is 13.5. The van der Waals surface area contributed by atoms with Crippen molar-refractivity contribution in [2.24, 2.45) is 5.73 Å². The SMILES string of the molecule is CCOC(=O)CC(=O)CN1CCOCC1C(N)=O. The van der Waals surface area contributed by atoms with Crippen LogP contribution < -0.4 is 5.73 Å². The van der Waals surface area contributed by atoms with E-state index in [4.69, 9.17) is 10.5 Å². The summed E-state index contributed by atoms with van der Waals surface area (Å²) >= 11 is 0. The predicted molar refractivity (Wildman–Crippen MR) is 61.6 cm³/mol. The Morgan fingerprint density at radius 1 is 1.44 bits per heavy atom. The van der Waals surface area contributed by atoms with Gasteiger partial charge in [0.2, 0.25) is 5.91 Å². The topological polar surface area (TPSA) is 98.9 Å². The third-order valence-corrected chi connectivity index (χ3v) is 2.59. The minimum absolute atomic E-state index is 0.00970. The molecule has 0 aromatic heterocycles. The Bertz CT molecular complexity index is 331. The second kappa shape index (κ2) is 7.07. The molecule has 0 bridgehead atoms. The molecule has 1 heterocycles. The molecular weight excluding hydrogens is 240 g/mol. The van der Waals surface area contributed by atoms with Crippen LogP contribution in [0.5, 0.6) is 0 Å². The number of carbonyl (C=O) groups excluding carboxylic acids is 3. The number of morpholine rings is 1. The number of esters is 1. The second-order valence-electron chi connectivity index (χ2n) is 3.98. The first-order valence-corrected chi connectivity index (χ1v) is 5.83. The number of Topliss-reactive ketones (excluding diaryl/α,β-unsaturated/α-hetero) is 1. The van der Waals surface area contributed by atoms with E-state index in [9.17, 15) is 14.4 Å². The summed E-state index contributed by atoms with van der Waals surface area (Å²) < 4.78 is 9.81. The summed E-state index contributed by atoms with van der Waals surface area (Å²) in [5, 5.41) is 0. The number of primary amides is 1. The maximum absolute atomic E-state index is 11.6. The van der Waals surface area contributed by atoms with Gasteiger partial charge in [0, 0.05) is 6.54 Å². The summed E-state index contributed by atoms with van der Waals surface area (Å²) in [4.78, 5) is 35.6. The molecule has 0 saturated carbocycles. The Morgan fingerprint density at radius 3 is 2.78 bits per heavy atom. The molecule has 1 saturated heterocycles. The molecule has 1 aliphatic heterocycles. The summed E-state index contributed by atoms with van der Waals surface area (Å²) in [5.41, 5.74) is 5.22. The third-order valence-electron chi connectivity index (χ3n) is 2.59. The molecule has 2 N–H and O–H groups in total. The van der Waals surface area contributed by atoms with E-state index in [0.29, 0.717) is 13.2 Å². The highest BCUT2D eigenvalue weighted by Gasteiger charge is 2.29. The Kier molecular flexibility index (Phi) is 5.73. The van der Waals surface area contributed by atoms with Crippen LogP contribution in [0.25, 0.3) is 0 Å². The van der Waals surface area contributed by atoms with E-state index in [1.54, 1.807) is 11.8 Å². The Hall–Kier alpha value is -1.47. The lowest BCUT2D eigenvalue weighted by molar-refractivity contribution is -0.146. The molecule has 1 fully saturated rings. The highest BCUT2D eigenvalue weighted by Crippen LogP contribution is 2.07. The van der Waals surface area contributed by atoms with Crippen LogP contribution in [0.15, 0.2) is 0 Å². The van der Waals surface area contributed by atoms with Gasteiger partial charge in [-0.2, -0.15) is 0 Å². The van der Waals surface area contributed by atoms with Crippen LogP contribution in [0.4, 0.5) is 0 Å². The first-order valence-electron chi connectivity index (χ1n) is 5.83. The van der Waals surface area contributed by atoms with Crippen molar-refractivity contribution in [3.8, 4) is 0 Å². The third kappa shape index (κ3) is 4.42. The zero-order valence-electron chi connectivity index (χ0n) is 10.4. The molecule has 1 rings (SSSR count). The molecule has 1 atom stereocenters. The molecule has 102 valence electrons. The molecule has 7 nitrogen and oxygen atoms in total. The van der Waals surface area contributed by atoms with Gasteiger partial charge < -0.3 is 15.2 Å². The van der Waals surface area contributed by atoms with E-state index < -0.39 is 17.9 Å². The first-order chi connectivity index (χ1) is 8.54. The molecule has 0 aliphatic carbocycles. The van der Waals surface area contributed by atoms with Gasteiger partial charge in [-0.1, -0.05) is 0 Å². The summed E-state index contributed by atoms with van der Waals surface area (Å²) in [6.07, 6.45) is -0.281. The number of rotatable bonds is 6. The van der Waals surface area contributed by atoms with Gasteiger partial charge in [0.25, 0.3) is 0 Å². The number of carbonyl (C=O) groups is 3. The van der Waals surface area contributed by atoms with Gasteiger partial charge >= 0.3 is 5.97 Å². The molecule has 18 heavy (non-hydrogen) atoms. The molecule has 0 aromatic rings. The van der Waals surface area contributed by atoms with Crippen molar-refractivity contribution >= 4 is 17.7 Å². The van der Waals surface area contributed by atoms with Gasteiger partial charge in [-0.15, -0.1) is 0 Å². The summed E-state index contributed by atoms with van der Waals surface area (Å²) in [7, 11) is 0. The highest BCUT2D eigenvalue weighted by atomic mass is 16.5. The standard InChI is InChI=1S/C11H18N2O5/c1-2-18-10(15)5-8(14)6-13-3-4-17-7-9(13)11(12)16/h9H,2-7H2,1H3,(H2,12,16). The number of hydrogen-bond donors (Lipinski definition) is 1. The Balaban J connectivity index is 2.46. The number of hydrogen-bond acceptors (Lipinski definition) is 6. The normalized spacial score (nSPS) is 20.4. The zero-order valence-corrected chi connectivity index (χ0v) is 10.4. The average molecular weight is 258 g/mol. The van der Waals surface area contributed by atoms with Crippen LogP contribution in [0.2, 0.25) is 0 Å². The largest absolute Gasteiger partial charge is 0.466 e. The molecule has 1 aliphatic rings. The molecule has 1 unspecified atom stereocenters. The van der Waals surface area contributed by atoms with Crippen molar-refractivity contribution in [2.45, 2.75) is 19.4 Å². The van der Waals surface area contributed by atoms with E-state index in [2.05, 4.69) is 4.74 Å². The van der Waals surface area contributed by atoms with Gasteiger partial charge in [0.15, 0.2) is 5.78 Å². The van der Waals surface area contributed by atoms with E-state index in [1.807, 2.05) is 0 Å². The number of ketones is 1. The number of nitrogens with two attached hydrogens (primary N) is 1. The van der Waals surface area contributed by atoms with Crippen LogP contribution >= 0.6 is 0 Å². The molecular formula is C11H18N2O5. The Labute approximate surface area is 105 Å². The van der Waals surface area contributed by atoms with Crippen molar-refractivity contribution in [2.75, 3.05) is 32.9 Å². The van der Waals surface area contributed by atoms with Crippen molar-refractivity contribution in [1.29, 1.82) is 0 Å². The van der Waals surface area contributed by atoms with Crippen molar-refractivity contribution in [3.63, 3.8) is 0 Å². The smallest absolute Gasteiger partial charge is 0.313 e. The predicted octanol–water partition coefficient (Wildman–Crippen LogP) is -1.31. The fourth-order valence-corrected chi connectivity index (χ4v) is 1.74. The molecule has 0 spiro atoms.